The number of piperazine rings is 1. The van der Waals surface area contributed by atoms with E-state index in [0.717, 1.165) is 32.6 Å². The standard InChI is InChI=1S/C18H28N2O/c1-14(2)17-7-5-16(6-8-17)13-15(3)18(21)20-11-9-19(4)10-12-20/h5-8,14-15H,9-13H2,1-4H3. The summed E-state index contributed by atoms with van der Waals surface area (Å²) in [5, 5.41) is 0. The summed E-state index contributed by atoms with van der Waals surface area (Å²) in [6.07, 6.45) is 0.837. The number of hydrogen-bond donors (Lipinski definition) is 0. The number of benzene rings is 1. The minimum atomic E-state index is 0.0679. The second kappa shape index (κ2) is 7.08. The van der Waals surface area contributed by atoms with E-state index in [9.17, 15) is 4.79 Å². The van der Waals surface area contributed by atoms with Crippen molar-refractivity contribution >= 4 is 5.91 Å². The number of hydrogen-bond acceptors (Lipinski definition) is 2. The maximum atomic E-state index is 12.5. The van der Waals surface area contributed by atoms with Gasteiger partial charge in [0, 0.05) is 32.1 Å². The Labute approximate surface area is 128 Å². The van der Waals surface area contributed by atoms with Crippen LogP contribution >= 0.6 is 0 Å². The van der Waals surface area contributed by atoms with Gasteiger partial charge in [-0.15, -0.1) is 0 Å². The van der Waals surface area contributed by atoms with Crippen molar-refractivity contribution in [3.05, 3.63) is 35.4 Å². The van der Waals surface area contributed by atoms with E-state index in [4.69, 9.17) is 0 Å². The van der Waals surface area contributed by atoms with Crippen molar-refractivity contribution in [2.75, 3.05) is 33.2 Å². The van der Waals surface area contributed by atoms with E-state index in [-0.39, 0.29) is 5.92 Å². The van der Waals surface area contributed by atoms with Gasteiger partial charge in [0.1, 0.15) is 0 Å². The summed E-state index contributed by atoms with van der Waals surface area (Å²) in [6.45, 7) is 10.2. The van der Waals surface area contributed by atoms with Crippen molar-refractivity contribution in [3.8, 4) is 0 Å². The lowest BCUT2D eigenvalue weighted by Crippen LogP contribution is -2.48. The molecule has 0 bridgehead atoms. The van der Waals surface area contributed by atoms with Gasteiger partial charge in [-0.3, -0.25) is 4.79 Å². The Balaban J connectivity index is 1.91. The summed E-state index contributed by atoms with van der Waals surface area (Å²) >= 11 is 0. The zero-order valence-electron chi connectivity index (χ0n) is 13.8. The van der Waals surface area contributed by atoms with Crippen LogP contribution in [0.5, 0.6) is 0 Å². The highest BCUT2D eigenvalue weighted by molar-refractivity contribution is 5.79. The second-order valence-electron chi connectivity index (χ2n) is 6.63. The average Bonchev–Trinajstić information content (AvgIpc) is 2.47. The zero-order valence-corrected chi connectivity index (χ0v) is 13.8. The minimum absolute atomic E-state index is 0.0679. The monoisotopic (exact) mass is 288 g/mol. The maximum absolute atomic E-state index is 12.5. The highest BCUT2D eigenvalue weighted by Gasteiger charge is 2.23. The summed E-state index contributed by atoms with van der Waals surface area (Å²) in [5.74, 6) is 0.929. The van der Waals surface area contributed by atoms with Gasteiger partial charge >= 0.3 is 0 Å². The lowest BCUT2D eigenvalue weighted by molar-refractivity contribution is -0.136. The van der Waals surface area contributed by atoms with E-state index < -0.39 is 0 Å². The van der Waals surface area contributed by atoms with Crippen LogP contribution < -0.4 is 0 Å². The number of carbonyl (C=O) groups excluding carboxylic acids is 1. The zero-order chi connectivity index (χ0) is 15.4. The predicted molar refractivity (Wildman–Crippen MR) is 87.5 cm³/mol. The summed E-state index contributed by atoms with van der Waals surface area (Å²) in [4.78, 5) is 16.8. The molecule has 3 heteroatoms. The molecular weight excluding hydrogens is 260 g/mol. The molecule has 1 aromatic rings. The normalized spacial score (nSPS) is 18.0. The first-order valence-corrected chi connectivity index (χ1v) is 8.03. The third-order valence-electron chi connectivity index (χ3n) is 4.42. The van der Waals surface area contributed by atoms with Crippen molar-refractivity contribution in [1.82, 2.24) is 9.80 Å². The molecule has 1 aliphatic heterocycles. The summed E-state index contributed by atoms with van der Waals surface area (Å²) in [6, 6.07) is 8.71. The summed E-state index contributed by atoms with van der Waals surface area (Å²) < 4.78 is 0. The van der Waals surface area contributed by atoms with Gasteiger partial charge in [-0.2, -0.15) is 0 Å². The van der Waals surface area contributed by atoms with Gasteiger partial charge < -0.3 is 9.80 Å². The Bertz CT molecular complexity index is 459. The fourth-order valence-electron chi connectivity index (χ4n) is 2.82. The van der Waals surface area contributed by atoms with Crippen LogP contribution in [0, 0.1) is 5.92 Å². The summed E-state index contributed by atoms with van der Waals surface area (Å²) in [5.41, 5.74) is 2.62. The molecule has 1 heterocycles. The molecular formula is C18H28N2O. The molecule has 0 spiro atoms. The van der Waals surface area contributed by atoms with Crippen LogP contribution in [0.1, 0.15) is 37.8 Å². The molecule has 1 saturated heterocycles. The van der Waals surface area contributed by atoms with Crippen molar-refractivity contribution in [1.29, 1.82) is 0 Å². The number of carbonyl (C=O) groups is 1. The van der Waals surface area contributed by atoms with Crippen LogP contribution in [0.15, 0.2) is 24.3 Å². The molecule has 1 fully saturated rings. The molecule has 3 nitrogen and oxygen atoms in total. The molecule has 0 aliphatic carbocycles. The van der Waals surface area contributed by atoms with Crippen molar-refractivity contribution < 1.29 is 4.79 Å². The highest BCUT2D eigenvalue weighted by atomic mass is 16.2. The van der Waals surface area contributed by atoms with Gasteiger partial charge in [0.25, 0.3) is 0 Å². The molecule has 0 saturated carbocycles. The van der Waals surface area contributed by atoms with Crippen LogP contribution in [0.4, 0.5) is 0 Å². The van der Waals surface area contributed by atoms with E-state index in [2.05, 4.69) is 57.0 Å². The SMILES string of the molecule is CC(Cc1ccc(C(C)C)cc1)C(=O)N1CCN(C)CC1. The molecule has 1 aromatic carbocycles. The number of rotatable bonds is 4. The first kappa shape index (κ1) is 16.0. The first-order valence-electron chi connectivity index (χ1n) is 8.03. The largest absolute Gasteiger partial charge is 0.340 e. The summed E-state index contributed by atoms with van der Waals surface area (Å²) in [7, 11) is 2.11. The van der Waals surface area contributed by atoms with E-state index in [1.807, 2.05) is 4.90 Å². The highest BCUT2D eigenvalue weighted by Crippen LogP contribution is 2.18. The van der Waals surface area contributed by atoms with Gasteiger partial charge in [0.05, 0.1) is 0 Å². The van der Waals surface area contributed by atoms with Crippen molar-refractivity contribution in [2.45, 2.75) is 33.1 Å². The Hall–Kier alpha value is -1.35. The van der Waals surface area contributed by atoms with E-state index >= 15 is 0 Å². The van der Waals surface area contributed by atoms with Crippen LogP contribution in [0.2, 0.25) is 0 Å². The van der Waals surface area contributed by atoms with E-state index in [1.165, 1.54) is 11.1 Å². The van der Waals surface area contributed by atoms with Gasteiger partial charge in [0.2, 0.25) is 5.91 Å². The first-order chi connectivity index (χ1) is 9.97. The minimum Gasteiger partial charge on any atom is -0.340 e. The van der Waals surface area contributed by atoms with Crippen LogP contribution in [0.25, 0.3) is 0 Å². The Kier molecular flexibility index (Phi) is 5.40. The maximum Gasteiger partial charge on any atom is 0.225 e. The van der Waals surface area contributed by atoms with Gasteiger partial charge in [-0.25, -0.2) is 0 Å². The molecule has 2 rings (SSSR count). The second-order valence-corrected chi connectivity index (χ2v) is 6.63. The molecule has 1 amide bonds. The lowest BCUT2D eigenvalue weighted by atomic mass is 9.96. The molecule has 116 valence electrons. The Morgan fingerprint density at radius 3 is 2.14 bits per heavy atom. The molecule has 0 radical (unpaired) electrons. The lowest BCUT2D eigenvalue weighted by Gasteiger charge is -2.34. The quantitative estimate of drug-likeness (QED) is 0.850. The number of amides is 1. The van der Waals surface area contributed by atoms with Crippen molar-refractivity contribution in [2.24, 2.45) is 5.92 Å². The van der Waals surface area contributed by atoms with Gasteiger partial charge in [-0.1, -0.05) is 45.0 Å². The van der Waals surface area contributed by atoms with Crippen LogP contribution in [-0.2, 0) is 11.2 Å². The predicted octanol–water partition coefficient (Wildman–Crippen LogP) is 2.76. The fourth-order valence-corrected chi connectivity index (χ4v) is 2.82. The third kappa shape index (κ3) is 4.31. The Morgan fingerprint density at radius 2 is 1.62 bits per heavy atom. The molecule has 0 aromatic heterocycles. The van der Waals surface area contributed by atoms with Crippen LogP contribution in [0.3, 0.4) is 0 Å². The molecule has 21 heavy (non-hydrogen) atoms. The van der Waals surface area contributed by atoms with Crippen molar-refractivity contribution in [3.63, 3.8) is 0 Å². The number of likely N-dealkylation sites (N-methyl/N-ethyl adjacent to an activating group) is 1. The fraction of sp³-hybridized carbons (Fsp3) is 0.611. The van der Waals surface area contributed by atoms with E-state index in [1.54, 1.807) is 0 Å². The topological polar surface area (TPSA) is 23.6 Å². The van der Waals surface area contributed by atoms with Crippen LogP contribution in [-0.4, -0.2) is 48.9 Å². The smallest absolute Gasteiger partial charge is 0.225 e. The van der Waals surface area contributed by atoms with E-state index in [0.29, 0.717) is 11.8 Å². The van der Waals surface area contributed by atoms with Gasteiger partial charge in [0.15, 0.2) is 0 Å². The number of nitrogens with zero attached hydrogens (tertiary/aromatic N) is 2. The molecule has 0 N–H and O–H groups in total. The molecule has 1 atom stereocenters. The van der Waals surface area contributed by atoms with Gasteiger partial charge in [-0.05, 0) is 30.5 Å². The average molecular weight is 288 g/mol. The molecule has 1 unspecified atom stereocenters. The molecule has 1 aliphatic rings. The Morgan fingerprint density at radius 1 is 1.05 bits per heavy atom. The third-order valence-corrected chi connectivity index (χ3v) is 4.42.